The lowest BCUT2D eigenvalue weighted by molar-refractivity contribution is -0.137. The summed E-state index contributed by atoms with van der Waals surface area (Å²) in [5.41, 5.74) is -1.10. The smallest absolute Gasteiger partial charge is 0.385 e. The minimum atomic E-state index is -4.61. The molecule has 0 radical (unpaired) electrons. The summed E-state index contributed by atoms with van der Waals surface area (Å²) in [5, 5.41) is 2.65. The van der Waals surface area contributed by atoms with E-state index < -0.39 is 27.7 Å². The lowest BCUT2D eigenvalue weighted by Crippen LogP contribution is -2.38. The fraction of sp³-hybridized carbons (Fsp3) is 0.333. The van der Waals surface area contributed by atoms with Crippen molar-refractivity contribution in [2.24, 2.45) is 0 Å². The first-order valence-electron chi connectivity index (χ1n) is 9.75. The predicted molar refractivity (Wildman–Crippen MR) is 115 cm³/mol. The van der Waals surface area contributed by atoms with Crippen LogP contribution in [0.25, 0.3) is 0 Å². The Labute approximate surface area is 189 Å². The topological polar surface area (TPSA) is 105 Å². The summed E-state index contributed by atoms with van der Waals surface area (Å²) in [7, 11) is -1.21. The molecule has 33 heavy (non-hydrogen) atoms. The number of hydrogen-bond acceptors (Lipinski definition) is 5. The number of rotatable bonds is 10. The van der Waals surface area contributed by atoms with Crippen LogP contribution in [0.15, 0.2) is 53.4 Å². The molecule has 8 nitrogen and oxygen atoms in total. The maximum absolute atomic E-state index is 12.8. The van der Waals surface area contributed by atoms with Crippen molar-refractivity contribution in [3.05, 3.63) is 59.7 Å². The number of sulfonamides is 1. The van der Waals surface area contributed by atoms with E-state index in [1.54, 1.807) is 7.11 Å². The van der Waals surface area contributed by atoms with E-state index in [9.17, 15) is 31.2 Å². The van der Waals surface area contributed by atoms with Gasteiger partial charge in [-0.15, -0.1) is 0 Å². The number of nitrogens with zero attached hydrogens (tertiary/aromatic N) is 1. The molecule has 0 fully saturated rings. The molecule has 0 saturated carbocycles. The Kier molecular flexibility index (Phi) is 8.83. The van der Waals surface area contributed by atoms with Gasteiger partial charge in [0.15, 0.2) is 0 Å². The third kappa shape index (κ3) is 7.75. The van der Waals surface area contributed by atoms with E-state index in [1.165, 1.54) is 30.1 Å². The summed E-state index contributed by atoms with van der Waals surface area (Å²) < 4.78 is 70.5. The number of ether oxygens (including phenoxy) is 1. The van der Waals surface area contributed by atoms with E-state index >= 15 is 0 Å². The molecule has 0 bridgehead atoms. The molecule has 180 valence electrons. The number of nitrogens with one attached hydrogen (secondary N) is 2. The molecule has 0 atom stereocenters. The van der Waals surface area contributed by atoms with Crippen molar-refractivity contribution in [2.75, 3.05) is 38.6 Å². The van der Waals surface area contributed by atoms with Gasteiger partial charge >= 0.3 is 6.18 Å². The van der Waals surface area contributed by atoms with E-state index in [1.807, 2.05) is 0 Å². The van der Waals surface area contributed by atoms with Gasteiger partial charge in [-0.25, -0.2) is 8.42 Å². The van der Waals surface area contributed by atoms with Gasteiger partial charge in [0.05, 0.1) is 17.0 Å². The number of carbonyl (C=O) groups is 2. The number of anilines is 1. The zero-order valence-electron chi connectivity index (χ0n) is 18.0. The van der Waals surface area contributed by atoms with Crippen molar-refractivity contribution in [3.8, 4) is 0 Å². The molecule has 0 heterocycles. The highest BCUT2D eigenvalue weighted by atomic mass is 32.2. The predicted octanol–water partition coefficient (Wildman–Crippen LogP) is 2.73. The van der Waals surface area contributed by atoms with Crippen LogP contribution in [0, 0.1) is 0 Å². The van der Waals surface area contributed by atoms with Gasteiger partial charge in [0.2, 0.25) is 5.91 Å². The lowest BCUT2D eigenvalue weighted by Gasteiger charge is -2.17. The van der Waals surface area contributed by atoms with Crippen LogP contribution in [-0.4, -0.2) is 59.0 Å². The highest BCUT2D eigenvalue weighted by molar-refractivity contribution is 7.92. The molecular formula is C21H24F3N3O5S. The highest BCUT2D eigenvalue weighted by Gasteiger charge is 2.30. The van der Waals surface area contributed by atoms with Crippen LogP contribution < -0.4 is 10.0 Å². The molecule has 0 aromatic heterocycles. The quantitative estimate of drug-likeness (QED) is 0.502. The molecule has 2 aromatic carbocycles. The Morgan fingerprint density at radius 2 is 1.76 bits per heavy atom. The molecule has 0 saturated heterocycles. The third-order valence-electron chi connectivity index (χ3n) is 4.43. The number of likely N-dealkylation sites (N-methyl/N-ethyl adjacent to an activating group) is 1. The summed E-state index contributed by atoms with van der Waals surface area (Å²) in [6, 6.07) is 8.63. The first kappa shape index (κ1) is 26.1. The monoisotopic (exact) mass is 487 g/mol. The maximum Gasteiger partial charge on any atom is 0.416 e. The Bertz CT molecular complexity index is 1070. The molecule has 0 aliphatic heterocycles. The number of hydrogen-bond donors (Lipinski definition) is 2. The second-order valence-corrected chi connectivity index (χ2v) is 8.75. The van der Waals surface area contributed by atoms with Crippen LogP contribution in [0.4, 0.5) is 18.9 Å². The molecule has 0 aliphatic carbocycles. The number of carbonyl (C=O) groups excluding carboxylic acids is 2. The largest absolute Gasteiger partial charge is 0.416 e. The van der Waals surface area contributed by atoms with Gasteiger partial charge in [-0.2, -0.15) is 13.2 Å². The molecule has 2 rings (SSSR count). The SMILES string of the molecule is COCCCNC(=O)CN(C)C(=O)c1ccc(S(=O)(=O)Nc2cccc(C(F)(F)F)c2)cc1. The van der Waals surface area contributed by atoms with Crippen molar-refractivity contribution < 1.29 is 35.9 Å². The fourth-order valence-corrected chi connectivity index (χ4v) is 3.81. The van der Waals surface area contributed by atoms with Crippen LogP contribution in [0.5, 0.6) is 0 Å². The van der Waals surface area contributed by atoms with Crippen molar-refractivity contribution in [1.82, 2.24) is 10.2 Å². The van der Waals surface area contributed by atoms with Gasteiger partial charge < -0.3 is 15.0 Å². The average molecular weight is 488 g/mol. The number of benzene rings is 2. The van der Waals surface area contributed by atoms with E-state index in [-0.39, 0.29) is 28.6 Å². The molecule has 12 heteroatoms. The summed E-state index contributed by atoms with van der Waals surface area (Å²) in [4.78, 5) is 25.3. The second-order valence-electron chi connectivity index (χ2n) is 7.07. The summed E-state index contributed by atoms with van der Waals surface area (Å²) in [6.45, 7) is 0.704. The lowest BCUT2D eigenvalue weighted by atomic mass is 10.2. The van der Waals surface area contributed by atoms with Crippen molar-refractivity contribution in [3.63, 3.8) is 0 Å². The zero-order valence-corrected chi connectivity index (χ0v) is 18.8. The van der Waals surface area contributed by atoms with E-state index in [4.69, 9.17) is 4.74 Å². The van der Waals surface area contributed by atoms with Crippen LogP contribution >= 0.6 is 0 Å². The number of methoxy groups -OCH3 is 1. The zero-order chi connectivity index (χ0) is 24.6. The molecular weight excluding hydrogens is 463 g/mol. The molecule has 0 spiro atoms. The van der Waals surface area contributed by atoms with E-state index in [2.05, 4.69) is 10.0 Å². The summed E-state index contributed by atoms with van der Waals surface area (Å²) >= 11 is 0. The van der Waals surface area contributed by atoms with Crippen LogP contribution in [0.2, 0.25) is 0 Å². The van der Waals surface area contributed by atoms with Crippen molar-refractivity contribution >= 4 is 27.5 Å². The number of amides is 2. The van der Waals surface area contributed by atoms with Crippen molar-refractivity contribution in [1.29, 1.82) is 0 Å². The fourth-order valence-electron chi connectivity index (χ4n) is 2.76. The molecule has 2 N–H and O–H groups in total. The number of halogens is 3. The Hall–Kier alpha value is -3.12. The van der Waals surface area contributed by atoms with Crippen LogP contribution in [0.1, 0.15) is 22.3 Å². The molecule has 2 amide bonds. The number of alkyl halides is 3. The summed E-state index contributed by atoms with van der Waals surface area (Å²) in [6.07, 6.45) is -3.99. The molecule has 0 aliphatic rings. The molecule has 2 aromatic rings. The standard InChI is InChI=1S/C21H24F3N3O5S/c1-27(14-19(28)25-11-4-12-32-2)20(29)15-7-9-18(10-8-15)33(30,31)26-17-6-3-5-16(13-17)21(22,23)24/h3,5-10,13,26H,4,11-12,14H2,1-2H3,(H,25,28). The van der Waals surface area contributed by atoms with Crippen molar-refractivity contribution in [2.45, 2.75) is 17.5 Å². The first-order valence-corrected chi connectivity index (χ1v) is 11.2. The normalized spacial score (nSPS) is 11.7. The maximum atomic E-state index is 12.8. The van der Waals surface area contributed by atoms with E-state index in [0.717, 1.165) is 24.3 Å². The second kappa shape index (κ2) is 11.1. The van der Waals surface area contributed by atoms with Crippen LogP contribution in [0.3, 0.4) is 0 Å². The highest BCUT2D eigenvalue weighted by Crippen LogP contribution is 2.31. The van der Waals surface area contributed by atoms with Gasteiger partial charge in [0.1, 0.15) is 0 Å². The Morgan fingerprint density at radius 3 is 2.36 bits per heavy atom. The van der Waals surface area contributed by atoms with Gasteiger partial charge in [0.25, 0.3) is 15.9 Å². The minimum absolute atomic E-state index is 0.141. The third-order valence-corrected chi connectivity index (χ3v) is 5.83. The average Bonchev–Trinajstić information content (AvgIpc) is 2.75. The molecule has 0 unspecified atom stereocenters. The van der Waals surface area contributed by atoms with Gasteiger partial charge in [-0.1, -0.05) is 6.07 Å². The first-order chi connectivity index (χ1) is 15.4. The van der Waals surface area contributed by atoms with E-state index in [0.29, 0.717) is 25.6 Å². The van der Waals surface area contributed by atoms with Gasteiger partial charge in [-0.05, 0) is 48.9 Å². The Morgan fingerprint density at radius 1 is 1.09 bits per heavy atom. The van der Waals surface area contributed by atoms with Gasteiger partial charge in [0, 0.05) is 38.6 Å². The minimum Gasteiger partial charge on any atom is -0.385 e. The van der Waals surface area contributed by atoms with Crippen LogP contribution in [-0.2, 0) is 25.7 Å². The Balaban J connectivity index is 2.03. The summed E-state index contributed by atoms with van der Waals surface area (Å²) in [5.74, 6) is -0.858. The van der Waals surface area contributed by atoms with Gasteiger partial charge in [-0.3, -0.25) is 14.3 Å².